The third-order valence-electron chi connectivity index (χ3n) is 16.9. The van der Waals surface area contributed by atoms with Crippen LogP contribution in [-0.2, 0) is 13.1 Å². The molecule has 12 rings (SSSR count). The van der Waals surface area contributed by atoms with Crippen LogP contribution in [0.3, 0.4) is 0 Å². The molecule has 488 valence electrons. The number of aliphatic hydroxyl groups excluding tert-OH is 2. The number of aliphatic hydroxyl groups is 2. The van der Waals surface area contributed by atoms with Crippen LogP contribution < -0.4 is 55.7 Å². The summed E-state index contributed by atoms with van der Waals surface area (Å²) < 4.78 is 4.18. The number of nitrogens with one attached hydrogen (secondary N) is 4. The van der Waals surface area contributed by atoms with E-state index >= 15 is 0 Å². The molecule has 0 unspecified atom stereocenters. The lowest BCUT2D eigenvalue weighted by atomic mass is 9.91. The van der Waals surface area contributed by atoms with Crippen molar-refractivity contribution in [1.82, 2.24) is 39.0 Å². The summed E-state index contributed by atoms with van der Waals surface area (Å²) in [5, 5.41) is 29.2. The molecule has 20 nitrogen and oxygen atoms in total. The Labute approximate surface area is 534 Å². The summed E-state index contributed by atoms with van der Waals surface area (Å²) in [7, 11) is 0. The van der Waals surface area contributed by atoms with Gasteiger partial charge in [0.25, 0.3) is 0 Å². The molecule has 4 saturated carbocycles. The van der Waals surface area contributed by atoms with E-state index < -0.39 is 0 Å². The van der Waals surface area contributed by atoms with Gasteiger partial charge in [-0.1, -0.05) is 135 Å². The van der Waals surface area contributed by atoms with Gasteiger partial charge in [0, 0.05) is 86.7 Å². The molecule has 20 heteroatoms. The first kappa shape index (κ1) is 70.3. The zero-order valence-corrected chi connectivity index (χ0v) is 54.4. The zero-order chi connectivity index (χ0) is 64.4. The Morgan fingerprint density at radius 2 is 0.778 bits per heavy atom. The fraction of sp³-hybridized carbons (Fsp3) is 0.514. The maximum atomic E-state index is 7.57. The second kappa shape index (κ2) is 36.6. The number of hydrogen-bond acceptors (Lipinski definition) is 18. The van der Waals surface area contributed by atoms with Crippen molar-refractivity contribution in [3.8, 4) is 22.3 Å². The molecule has 0 radical (unpaired) electrons. The van der Waals surface area contributed by atoms with Crippen molar-refractivity contribution in [1.29, 1.82) is 0 Å². The maximum Gasteiger partial charge on any atom is 0.227 e. The summed E-state index contributed by atoms with van der Waals surface area (Å²) in [6.07, 6.45) is 21.6. The van der Waals surface area contributed by atoms with E-state index in [0.29, 0.717) is 49.2 Å². The highest BCUT2D eigenvalue weighted by Gasteiger charge is 2.25. The van der Waals surface area contributed by atoms with Crippen LogP contribution in [0.4, 0.5) is 23.5 Å². The number of hydrogen-bond donors (Lipinski definition) is 12. The molecule has 4 aromatic heterocycles. The molecule has 90 heavy (non-hydrogen) atoms. The van der Waals surface area contributed by atoms with E-state index in [2.05, 4.69) is 165 Å². The average Bonchev–Trinajstić information content (AvgIpc) is 1.92. The van der Waals surface area contributed by atoms with E-state index in [0.717, 1.165) is 111 Å². The van der Waals surface area contributed by atoms with Crippen LogP contribution in [-0.4, -0.2) is 111 Å². The van der Waals surface area contributed by atoms with Gasteiger partial charge in [-0.3, -0.25) is 0 Å². The van der Waals surface area contributed by atoms with Gasteiger partial charge in [0.1, 0.15) is 0 Å². The SMILES string of the molecule is CC(C)n1cnc2c(NCc3ccc(-c4ccccc4)cc3)nc(NC3CCC(N)CC3)nc21.CC(C)n1cnc2c(NCc3ccc(-c4ccccc4)cc3)nc(N[C@@H]3CCCC[C@@H]3N)nc21.CCO.CCO.NC1CCC(N)CC1.N[C@@H]1CCCC[C@@H]1N. The number of anilines is 4. The Balaban J connectivity index is 0.000000192. The van der Waals surface area contributed by atoms with Crippen molar-refractivity contribution in [2.24, 2.45) is 34.4 Å². The monoisotopic (exact) mass is 1230 g/mol. The van der Waals surface area contributed by atoms with Crippen LogP contribution in [0.5, 0.6) is 0 Å². The second-order valence-corrected chi connectivity index (χ2v) is 24.8. The van der Waals surface area contributed by atoms with Crippen LogP contribution in [0.2, 0.25) is 0 Å². The molecule has 0 spiro atoms. The molecule has 4 fully saturated rings. The Hall–Kier alpha value is -7.14. The van der Waals surface area contributed by atoms with Crippen molar-refractivity contribution in [2.75, 3.05) is 34.5 Å². The molecule has 4 aromatic carbocycles. The van der Waals surface area contributed by atoms with Crippen LogP contribution >= 0.6 is 0 Å². The predicted octanol–water partition coefficient (Wildman–Crippen LogP) is 11.2. The highest BCUT2D eigenvalue weighted by molar-refractivity contribution is 5.85. The number of fused-ring (bicyclic) bond motifs is 2. The molecule has 4 aliphatic rings. The summed E-state index contributed by atoms with van der Waals surface area (Å²) in [5.74, 6) is 2.76. The van der Waals surface area contributed by atoms with Gasteiger partial charge in [0.15, 0.2) is 34.0 Å². The lowest BCUT2D eigenvalue weighted by Gasteiger charge is -2.29. The topological polar surface area (TPSA) is 332 Å². The third-order valence-corrected chi connectivity index (χ3v) is 16.9. The fourth-order valence-electron chi connectivity index (χ4n) is 11.5. The van der Waals surface area contributed by atoms with Gasteiger partial charge >= 0.3 is 0 Å². The molecule has 0 aliphatic heterocycles. The molecule has 0 amide bonds. The number of imidazole rings is 2. The molecule has 4 heterocycles. The summed E-state index contributed by atoms with van der Waals surface area (Å²) in [5.41, 5.74) is 45.5. The fourth-order valence-corrected chi connectivity index (χ4v) is 11.5. The van der Waals surface area contributed by atoms with Crippen molar-refractivity contribution >= 4 is 45.9 Å². The molecular formula is C70H106N18O2. The Kier molecular flexibility index (Phi) is 28.6. The van der Waals surface area contributed by atoms with Gasteiger partial charge < -0.3 is 75.0 Å². The van der Waals surface area contributed by atoms with Gasteiger partial charge in [-0.2, -0.15) is 19.9 Å². The van der Waals surface area contributed by atoms with Crippen molar-refractivity contribution in [3.63, 3.8) is 0 Å². The third kappa shape index (κ3) is 21.5. The summed E-state index contributed by atoms with van der Waals surface area (Å²) in [6, 6.07) is 41.1. The number of rotatable bonds is 14. The molecule has 8 aromatic rings. The van der Waals surface area contributed by atoms with E-state index in [4.69, 9.17) is 64.6 Å². The molecular weight excluding hydrogens is 1120 g/mol. The smallest absolute Gasteiger partial charge is 0.227 e. The normalized spacial score (nSPS) is 21.3. The molecule has 4 atom stereocenters. The van der Waals surface area contributed by atoms with E-state index in [-0.39, 0.29) is 49.5 Å². The Morgan fingerprint density at radius 1 is 0.433 bits per heavy atom. The van der Waals surface area contributed by atoms with Crippen molar-refractivity contribution < 1.29 is 10.2 Å². The van der Waals surface area contributed by atoms with Gasteiger partial charge in [0.05, 0.1) is 12.7 Å². The van der Waals surface area contributed by atoms with Crippen molar-refractivity contribution in [3.05, 3.63) is 133 Å². The van der Waals surface area contributed by atoms with E-state index in [9.17, 15) is 0 Å². The first-order valence-corrected chi connectivity index (χ1v) is 33.1. The van der Waals surface area contributed by atoms with Gasteiger partial charge in [-0.15, -0.1) is 0 Å². The summed E-state index contributed by atoms with van der Waals surface area (Å²) in [6.45, 7) is 13.7. The molecule has 0 bridgehead atoms. The minimum atomic E-state index is 0.127. The van der Waals surface area contributed by atoms with E-state index in [1.807, 2.05) is 24.8 Å². The lowest BCUT2D eigenvalue weighted by molar-refractivity contribution is 0.318. The summed E-state index contributed by atoms with van der Waals surface area (Å²) in [4.78, 5) is 28.6. The number of benzene rings is 4. The number of aromatic nitrogens is 8. The predicted molar refractivity (Wildman–Crippen MR) is 372 cm³/mol. The first-order valence-electron chi connectivity index (χ1n) is 33.1. The standard InChI is InChI=1S/2C27H33N7.2C6H14N2.2C2H6O/c1-18(2)34-17-30-24-25(32-27(33-26(24)34)31-23-11-7-6-10-22(23)28)29-16-19-12-14-21(15-13-19)20-8-4-3-5-9-20;1-18(2)34-17-30-24-25(32-27(33-26(24)34)31-23-14-12-22(28)13-15-23)29-16-19-8-10-21(11-9-19)20-6-4-3-5-7-20;7-5-1-2-6(8)4-3-5;7-5-3-1-2-4-6(5)8;2*1-2-3/h3-5,8-9,12-15,17-18,22-23H,6-7,10-11,16,28H2,1-2H3,(H2,29,31,32,33);3-11,17-18,22-23H,12-16,28H2,1-2H3,(H2,29,31,32,33);2*5-6H,1-4,7-8H2;2*3H,2H2,1H3/t22-,23+;;;5-,6+;;/m0...../s1. The molecule has 4 aliphatic carbocycles. The summed E-state index contributed by atoms with van der Waals surface area (Å²) >= 11 is 0. The second-order valence-electron chi connectivity index (χ2n) is 24.8. The van der Waals surface area contributed by atoms with Crippen LogP contribution in [0, 0.1) is 0 Å². The average molecular weight is 1230 g/mol. The van der Waals surface area contributed by atoms with Crippen LogP contribution in [0.15, 0.2) is 122 Å². The highest BCUT2D eigenvalue weighted by Crippen LogP contribution is 2.30. The van der Waals surface area contributed by atoms with Crippen molar-refractivity contribution in [2.45, 2.75) is 218 Å². The lowest BCUT2D eigenvalue weighted by Crippen LogP contribution is -2.43. The van der Waals surface area contributed by atoms with E-state index in [1.54, 1.807) is 13.8 Å². The van der Waals surface area contributed by atoms with Gasteiger partial charge in [0.2, 0.25) is 11.9 Å². The molecule has 0 saturated heterocycles. The highest BCUT2D eigenvalue weighted by atomic mass is 16.3. The van der Waals surface area contributed by atoms with Gasteiger partial charge in [-0.25, -0.2) is 9.97 Å². The van der Waals surface area contributed by atoms with Crippen LogP contribution in [0.25, 0.3) is 44.6 Å². The Morgan fingerprint density at radius 3 is 1.14 bits per heavy atom. The van der Waals surface area contributed by atoms with Crippen LogP contribution in [0.1, 0.15) is 167 Å². The maximum absolute atomic E-state index is 7.57. The Bertz CT molecular complexity index is 3250. The number of nitrogens with two attached hydrogens (primary N) is 6. The quantitative estimate of drug-likeness (QED) is 0.0481. The first-order chi connectivity index (χ1) is 43.6. The minimum absolute atomic E-state index is 0.127. The largest absolute Gasteiger partial charge is 0.397 e. The number of nitrogens with zero attached hydrogens (tertiary/aromatic N) is 8. The molecule has 18 N–H and O–H groups in total. The van der Waals surface area contributed by atoms with Gasteiger partial charge in [-0.05, 0) is 152 Å². The zero-order valence-electron chi connectivity index (χ0n) is 54.4. The van der Waals surface area contributed by atoms with E-state index in [1.165, 1.54) is 59.1 Å². The minimum Gasteiger partial charge on any atom is -0.397 e.